The summed E-state index contributed by atoms with van der Waals surface area (Å²) in [5.74, 6) is 6.22. The van der Waals surface area contributed by atoms with E-state index in [9.17, 15) is 4.39 Å². The lowest BCUT2D eigenvalue weighted by atomic mass is 10.0. The Balaban J connectivity index is 1.69. The van der Waals surface area contributed by atoms with Gasteiger partial charge in [-0.2, -0.15) is 0 Å². The van der Waals surface area contributed by atoms with Gasteiger partial charge in [0.1, 0.15) is 17.7 Å². The van der Waals surface area contributed by atoms with Crippen LogP contribution in [0.15, 0.2) is 36.7 Å². The van der Waals surface area contributed by atoms with E-state index < -0.39 is 11.4 Å². The monoisotopic (exact) mass is 425 g/mol. The summed E-state index contributed by atoms with van der Waals surface area (Å²) in [4.78, 5) is 10.7. The molecule has 2 aromatic carbocycles. The molecule has 1 aliphatic rings. The highest BCUT2D eigenvalue weighted by molar-refractivity contribution is 6.31. The van der Waals surface area contributed by atoms with Crippen LogP contribution in [0, 0.1) is 17.7 Å². The summed E-state index contributed by atoms with van der Waals surface area (Å²) in [5.41, 5.74) is 7.69. The number of aromatic nitrogens is 2. The number of nitrogens with two attached hydrogens (primary N) is 1. The summed E-state index contributed by atoms with van der Waals surface area (Å²) in [7, 11) is 2.04. The minimum atomic E-state index is -0.559. The summed E-state index contributed by atoms with van der Waals surface area (Å²) in [6.45, 7) is 4.21. The lowest BCUT2D eigenvalue weighted by molar-refractivity contribution is -0.0536. The van der Waals surface area contributed by atoms with Gasteiger partial charge in [-0.1, -0.05) is 29.5 Å². The van der Waals surface area contributed by atoms with E-state index >= 15 is 0 Å². The molecule has 0 saturated carbocycles. The fraction of sp³-hybridized carbons (Fsp3) is 0.273. The minimum Gasteiger partial charge on any atom is -0.398 e. The van der Waals surface area contributed by atoms with Gasteiger partial charge in [0.15, 0.2) is 5.82 Å². The van der Waals surface area contributed by atoms with Gasteiger partial charge in [0, 0.05) is 29.7 Å². The molecule has 1 atom stereocenters. The maximum absolute atomic E-state index is 14.3. The van der Waals surface area contributed by atoms with Crippen molar-refractivity contribution in [1.29, 1.82) is 0 Å². The third-order valence-electron chi connectivity index (χ3n) is 4.94. The molecule has 2 heterocycles. The number of ether oxygens (including phenoxy) is 1. The highest BCUT2D eigenvalue weighted by Gasteiger charge is 2.28. The molecule has 1 aromatic heterocycles. The molecule has 0 radical (unpaired) electrons. The number of nitrogen functional groups attached to an aromatic ring is 1. The molecule has 0 aliphatic carbocycles. The Kier molecular flexibility index (Phi) is 5.48. The summed E-state index contributed by atoms with van der Waals surface area (Å²) in [6, 6.07) is 8.26. The topological polar surface area (TPSA) is 76.3 Å². The first-order chi connectivity index (χ1) is 14.3. The molecule has 154 valence electrons. The third-order valence-corrected chi connectivity index (χ3v) is 5.23. The SMILES string of the molecule is CN1CCOC(C)(C#Cc2cc3ncnc(Nc4cccc(Cl)c4F)c3cc2N)C1. The molecule has 0 bridgehead atoms. The van der Waals surface area contributed by atoms with E-state index in [0.717, 1.165) is 13.1 Å². The maximum Gasteiger partial charge on any atom is 0.165 e. The summed E-state index contributed by atoms with van der Waals surface area (Å²) >= 11 is 5.87. The Labute approximate surface area is 179 Å². The highest BCUT2D eigenvalue weighted by Crippen LogP contribution is 2.30. The van der Waals surface area contributed by atoms with Crippen LogP contribution in [0.3, 0.4) is 0 Å². The number of nitrogens with zero attached hydrogens (tertiary/aromatic N) is 3. The van der Waals surface area contributed by atoms with E-state index in [4.69, 9.17) is 22.1 Å². The number of rotatable bonds is 2. The molecular weight excluding hydrogens is 405 g/mol. The summed E-state index contributed by atoms with van der Waals surface area (Å²) < 4.78 is 20.1. The number of anilines is 3. The smallest absolute Gasteiger partial charge is 0.165 e. The summed E-state index contributed by atoms with van der Waals surface area (Å²) in [6.07, 6.45) is 1.40. The van der Waals surface area contributed by atoms with Crippen LogP contribution in [-0.4, -0.2) is 47.2 Å². The van der Waals surface area contributed by atoms with Gasteiger partial charge in [0.25, 0.3) is 0 Å². The largest absolute Gasteiger partial charge is 0.398 e. The second kappa shape index (κ2) is 8.07. The molecule has 8 heteroatoms. The van der Waals surface area contributed by atoms with Crippen molar-refractivity contribution in [3.63, 3.8) is 0 Å². The highest BCUT2D eigenvalue weighted by atomic mass is 35.5. The lowest BCUT2D eigenvalue weighted by Gasteiger charge is -2.35. The normalized spacial score (nSPS) is 19.3. The van der Waals surface area contributed by atoms with E-state index in [-0.39, 0.29) is 10.7 Å². The molecule has 1 fully saturated rings. The van der Waals surface area contributed by atoms with E-state index in [1.54, 1.807) is 24.3 Å². The summed E-state index contributed by atoms with van der Waals surface area (Å²) in [5, 5.41) is 3.65. The minimum absolute atomic E-state index is 0.0273. The number of benzene rings is 2. The van der Waals surface area contributed by atoms with Gasteiger partial charge in [0.2, 0.25) is 0 Å². The van der Waals surface area contributed by atoms with Gasteiger partial charge in [0.05, 0.1) is 22.8 Å². The first-order valence-corrected chi connectivity index (χ1v) is 9.83. The molecule has 1 saturated heterocycles. The standard InChI is InChI=1S/C22H21ClFN5O/c1-22(12-29(2)8-9-30-22)7-6-14-10-19-15(11-17(14)25)21(27-13-26-19)28-18-5-3-4-16(23)20(18)24/h3-5,10-11,13H,8-9,12,25H2,1-2H3,(H,26,27,28). The Bertz CT molecular complexity index is 1180. The second-order valence-electron chi connectivity index (χ2n) is 7.47. The number of morpholine rings is 1. The number of likely N-dealkylation sites (N-methyl/N-ethyl adjacent to an activating group) is 1. The van der Waals surface area contributed by atoms with Crippen molar-refractivity contribution in [2.45, 2.75) is 12.5 Å². The van der Waals surface area contributed by atoms with Gasteiger partial charge in [-0.25, -0.2) is 14.4 Å². The number of hydrogen-bond donors (Lipinski definition) is 2. The second-order valence-corrected chi connectivity index (χ2v) is 7.88. The van der Waals surface area contributed by atoms with Crippen LogP contribution >= 0.6 is 11.6 Å². The fourth-order valence-electron chi connectivity index (χ4n) is 3.40. The average Bonchev–Trinajstić information content (AvgIpc) is 2.70. The molecule has 0 amide bonds. The predicted molar refractivity (Wildman–Crippen MR) is 117 cm³/mol. The average molecular weight is 426 g/mol. The lowest BCUT2D eigenvalue weighted by Crippen LogP contribution is -2.47. The van der Waals surface area contributed by atoms with Crippen molar-refractivity contribution in [2.24, 2.45) is 0 Å². The molecule has 3 N–H and O–H groups in total. The Morgan fingerprint density at radius 1 is 1.33 bits per heavy atom. The van der Waals surface area contributed by atoms with Gasteiger partial charge < -0.3 is 20.7 Å². The van der Waals surface area contributed by atoms with Crippen LogP contribution < -0.4 is 11.1 Å². The van der Waals surface area contributed by atoms with Crippen molar-refractivity contribution in [3.05, 3.63) is 53.1 Å². The van der Waals surface area contributed by atoms with Crippen molar-refractivity contribution >= 4 is 39.7 Å². The zero-order valence-corrected chi connectivity index (χ0v) is 17.4. The Morgan fingerprint density at radius 3 is 2.97 bits per heavy atom. The van der Waals surface area contributed by atoms with Crippen LogP contribution in [0.2, 0.25) is 5.02 Å². The van der Waals surface area contributed by atoms with Gasteiger partial charge in [-0.05, 0) is 38.2 Å². The molecule has 0 spiro atoms. The zero-order chi connectivity index (χ0) is 21.3. The fourth-order valence-corrected chi connectivity index (χ4v) is 3.57. The molecule has 30 heavy (non-hydrogen) atoms. The molecule has 1 aliphatic heterocycles. The van der Waals surface area contributed by atoms with Crippen LogP contribution in [0.5, 0.6) is 0 Å². The Morgan fingerprint density at radius 2 is 2.17 bits per heavy atom. The van der Waals surface area contributed by atoms with Crippen LogP contribution in [-0.2, 0) is 4.74 Å². The van der Waals surface area contributed by atoms with Crippen LogP contribution in [0.25, 0.3) is 10.9 Å². The van der Waals surface area contributed by atoms with Crippen molar-refractivity contribution in [3.8, 4) is 11.8 Å². The first-order valence-electron chi connectivity index (χ1n) is 9.45. The first kappa shape index (κ1) is 20.4. The van der Waals surface area contributed by atoms with Crippen LogP contribution in [0.4, 0.5) is 21.6 Å². The quantitative estimate of drug-likeness (QED) is 0.480. The number of hydrogen-bond acceptors (Lipinski definition) is 6. The molecule has 6 nitrogen and oxygen atoms in total. The molecule has 3 aromatic rings. The van der Waals surface area contributed by atoms with E-state index in [0.29, 0.717) is 34.6 Å². The van der Waals surface area contributed by atoms with E-state index in [2.05, 4.69) is 32.0 Å². The van der Waals surface area contributed by atoms with Crippen molar-refractivity contribution in [1.82, 2.24) is 14.9 Å². The number of nitrogens with one attached hydrogen (secondary N) is 1. The zero-order valence-electron chi connectivity index (χ0n) is 16.7. The van der Waals surface area contributed by atoms with E-state index in [1.807, 2.05) is 14.0 Å². The van der Waals surface area contributed by atoms with Gasteiger partial charge in [-0.15, -0.1) is 0 Å². The Hall–Kier alpha value is -2.92. The van der Waals surface area contributed by atoms with E-state index in [1.165, 1.54) is 12.4 Å². The molecule has 1 unspecified atom stereocenters. The molecular formula is C22H21ClFN5O. The third kappa shape index (κ3) is 4.17. The molecule has 4 rings (SSSR count). The predicted octanol–water partition coefficient (Wildman–Crippen LogP) is 3.82. The van der Waals surface area contributed by atoms with Crippen LogP contribution in [0.1, 0.15) is 12.5 Å². The maximum atomic E-state index is 14.3. The van der Waals surface area contributed by atoms with Crippen molar-refractivity contribution < 1.29 is 9.13 Å². The number of fused-ring (bicyclic) bond motifs is 1. The van der Waals surface area contributed by atoms with Gasteiger partial charge >= 0.3 is 0 Å². The van der Waals surface area contributed by atoms with Gasteiger partial charge in [-0.3, -0.25) is 0 Å². The number of halogens is 2. The van der Waals surface area contributed by atoms with Crippen molar-refractivity contribution in [2.75, 3.05) is 37.8 Å².